The van der Waals surface area contributed by atoms with Crippen molar-refractivity contribution in [2.45, 2.75) is 19.4 Å². The lowest BCUT2D eigenvalue weighted by molar-refractivity contribution is 0.507. The summed E-state index contributed by atoms with van der Waals surface area (Å²) in [7, 11) is 0. The highest BCUT2D eigenvalue weighted by Gasteiger charge is 2.15. The standard InChI is InChI=1S/C15H16FIN2/c1-2-19-15(13-7-8-18-10-14(13)16)9-11-3-5-12(17)6-4-11/h3-8,10,15,19H,2,9H2,1H3. The van der Waals surface area contributed by atoms with E-state index in [0.717, 1.165) is 13.0 Å². The molecule has 0 fully saturated rings. The third-order valence-electron chi connectivity index (χ3n) is 2.98. The van der Waals surface area contributed by atoms with Crippen LogP contribution in [-0.4, -0.2) is 11.5 Å². The van der Waals surface area contributed by atoms with Crippen molar-refractivity contribution in [3.05, 3.63) is 63.2 Å². The second kappa shape index (κ2) is 6.96. The van der Waals surface area contributed by atoms with Crippen LogP contribution in [0.4, 0.5) is 4.39 Å². The Morgan fingerprint density at radius 2 is 2.00 bits per heavy atom. The first kappa shape index (κ1) is 14.4. The van der Waals surface area contributed by atoms with E-state index in [1.54, 1.807) is 12.3 Å². The maximum atomic E-state index is 13.8. The van der Waals surface area contributed by atoms with Gasteiger partial charge in [0.1, 0.15) is 5.82 Å². The van der Waals surface area contributed by atoms with Crippen molar-refractivity contribution in [1.82, 2.24) is 10.3 Å². The average molecular weight is 370 g/mol. The number of rotatable bonds is 5. The molecule has 0 saturated carbocycles. The number of nitrogens with zero attached hydrogens (tertiary/aromatic N) is 1. The van der Waals surface area contributed by atoms with Crippen molar-refractivity contribution >= 4 is 22.6 Å². The summed E-state index contributed by atoms with van der Waals surface area (Å²) in [5.74, 6) is -0.251. The van der Waals surface area contributed by atoms with E-state index in [4.69, 9.17) is 0 Å². The van der Waals surface area contributed by atoms with Gasteiger partial charge < -0.3 is 5.32 Å². The summed E-state index contributed by atoms with van der Waals surface area (Å²) in [6.45, 7) is 2.83. The van der Waals surface area contributed by atoms with Crippen LogP contribution in [0.15, 0.2) is 42.7 Å². The lowest BCUT2D eigenvalue weighted by Crippen LogP contribution is -2.24. The van der Waals surface area contributed by atoms with Gasteiger partial charge in [-0.2, -0.15) is 0 Å². The molecule has 0 bridgehead atoms. The van der Waals surface area contributed by atoms with E-state index in [0.29, 0.717) is 5.56 Å². The molecule has 0 radical (unpaired) electrons. The Balaban J connectivity index is 2.21. The minimum atomic E-state index is -0.251. The summed E-state index contributed by atoms with van der Waals surface area (Å²) in [6, 6.07) is 10.0. The van der Waals surface area contributed by atoms with Gasteiger partial charge >= 0.3 is 0 Å². The zero-order valence-electron chi connectivity index (χ0n) is 10.7. The molecular weight excluding hydrogens is 354 g/mol. The topological polar surface area (TPSA) is 24.9 Å². The summed E-state index contributed by atoms with van der Waals surface area (Å²) in [5.41, 5.74) is 1.87. The van der Waals surface area contributed by atoms with Crippen LogP contribution in [0.5, 0.6) is 0 Å². The highest BCUT2D eigenvalue weighted by atomic mass is 127. The zero-order chi connectivity index (χ0) is 13.7. The Labute approximate surface area is 126 Å². The molecule has 0 aliphatic carbocycles. The molecule has 100 valence electrons. The maximum Gasteiger partial charge on any atom is 0.146 e. The molecule has 0 spiro atoms. The van der Waals surface area contributed by atoms with Gasteiger partial charge in [-0.1, -0.05) is 19.1 Å². The summed E-state index contributed by atoms with van der Waals surface area (Å²) in [6.07, 6.45) is 3.68. The normalized spacial score (nSPS) is 12.4. The molecule has 1 aromatic heterocycles. The monoisotopic (exact) mass is 370 g/mol. The van der Waals surface area contributed by atoms with Gasteiger partial charge in [0.2, 0.25) is 0 Å². The van der Waals surface area contributed by atoms with Crippen LogP contribution in [0.25, 0.3) is 0 Å². The van der Waals surface area contributed by atoms with Crippen LogP contribution in [0.1, 0.15) is 24.1 Å². The number of hydrogen-bond acceptors (Lipinski definition) is 2. The molecule has 2 rings (SSSR count). The first-order valence-electron chi connectivity index (χ1n) is 6.28. The largest absolute Gasteiger partial charge is 0.310 e. The smallest absolute Gasteiger partial charge is 0.146 e. The van der Waals surface area contributed by atoms with Gasteiger partial charge in [0.15, 0.2) is 0 Å². The van der Waals surface area contributed by atoms with Crippen LogP contribution in [0.3, 0.4) is 0 Å². The number of pyridine rings is 1. The minimum absolute atomic E-state index is 0.0203. The van der Waals surface area contributed by atoms with Gasteiger partial charge in [0.25, 0.3) is 0 Å². The average Bonchev–Trinajstić information content (AvgIpc) is 2.41. The molecule has 19 heavy (non-hydrogen) atoms. The minimum Gasteiger partial charge on any atom is -0.310 e. The molecule has 2 aromatic rings. The lowest BCUT2D eigenvalue weighted by Gasteiger charge is -2.19. The van der Waals surface area contributed by atoms with E-state index >= 15 is 0 Å². The Morgan fingerprint density at radius 3 is 2.63 bits per heavy atom. The van der Waals surface area contributed by atoms with Crippen molar-refractivity contribution in [2.24, 2.45) is 0 Å². The van der Waals surface area contributed by atoms with E-state index in [1.807, 2.05) is 6.92 Å². The first-order valence-corrected chi connectivity index (χ1v) is 7.35. The van der Waals surface area contributed by atoms with Gasteiger partial charge in [0.05, 0.1) is 6.20 Å². The zero-order valence-corrected chi connectivity index (χ0v) is 12.9. The molecule has 4 heteroatoms. The van der Waals surface area contributed by atoms with Gasteiger partial charge in [-0.25, -0.2) is 4.39 Å². The predicted octanol–water partition coefficient (Wildman–Crippen LogP) is 3.72. The fourth-order valence-corrected chi connectivity index (χ4v) is 2.42. The Kier molecular flexibility index (Phi) is 5.27. The van der Waals surface area contributed by atoms with E-state index in [9.17, 15) is 4.39 Å². The second-order valence-corrected chi connectivity index (χ2v) is 5.58. The number of halogens is 2. The van der Waals surface area contributed by atoms with E-state index in [-0.39, 0.29) is 11.9 Å². The van der Waals surface area contributed by atoms with Crippen molar-refractivity contribution < 1.29 is 4.39 Å². The lowest BCUT2D eigenvalue weighted by atomic mass is 9.99. The van der Waals surface area contributed by atoms with Crippen LogP contribution in [-0.2, 0) is 6.42 Å². The molecule has 1 aromatic carbocycles. The Hall–Kier alpha value is -1.01. The van der Waals surface area contributed by atoms with E-state index in [2.05, 4.69) is 57.2 Å². The molecule has 0 aliphatic rings. The molecule has 1 heterocycles. The van der Waals surface area contributed by atoms with Crippen molar-refractivity contribution in [3.8, 4) is 0 Å². The number of benzene rings is 1. The molecule has 1 unspecified atom stereocenters. The summed E-state index contributed by atoms with van der Waals surface area (Å²) < 4.78 is 15.0. The Bertz CT molecular complexity index is 528. The number of nitrogens with one attached hydrogen (secondary N) is 1. The molecule has 1 N–H and O–H groups in total. The predicted molar refractivity (Wildman–Crippen MR) is 83.5 cm³/mol. The van der Waals surface area contributed by atoms with Gasteiger partial charge in [0, 0.05) is 21.4 Å². The number of aromatic nitrogens is 1. The van der Waals surface area contributed by atoms with Crippen LogP contribution < -0.4 is 5.32 Å². The molecular formula is C15H16FIN2. The highest BCUT2D eigenvalue weighted by molar-refractivity contribution is 14.1. The number of hydrogen-bond donors (Lipinski definition) is 1. The SMILES string of the molecule is CCNC(Cc1ccc(I)cc1)c1ccncc1F. The van der Waals surface area contributed by atoms with E-state index in [1.165, 1.54) is 15.3 Å². The van der Waals surface area contributed by atoms with Crippen molar-refractivity contribution in [2.75, 3.05) is 6.54 Å². The van der Waals surface area contributed by atoms with Crippen molar-refractivity contribution in [1.29, 1.82) is 0 Å². The second-order valence-electron chi connectivity index (χ2n) is 4.34. The molecule has 0 aliphatic heterocycles. The van der Waals surface area contributed by atoms with Crippen LogP contribution >= 0.6 is 22.6 Å². The van der Waals surface area contributed by atoms with Crippen molar-refractivity contribution in [3.63, 3.8) is 0 Å². The highest BCUT2D eigenvalue weighted by Crippen LogP contribution is 2.21. The molecule has 0 amide bonds. The van der Waals surface area contributed by atoms with Gasteiger partial charge in [-0.15, -0.1) is 0 Å². The van der Waals surface area contributed by atoms with Crippen LogP contribution in [0.2, 0.25) is 0 Å². The molecule has 2 nitrogen and oxygen atoms in total. The fraction of sp³-hybridized carbons (Fsp3) is 0.267. The molecule has 1 atom stereocenters. The maximum absolute atomic E-state index is 13.8. The van der Waals surface area contributed by atoms with Crippen LogP contribution in [0, 0.1) is 9.39 Å². The fourth-order valence-electron chi connectivity index (χ4n) is 2.06. The van der Waals surface area contributed by atoms with E-state index < -0.39 is 0 Å². The number of likely N-dealkylation sites (N-methyl/N-ethyl adjacent to an activating group) is 1. The summed E-state index contributed by atoms with van der Waals surface area (Å²) in [4.78, 5) is 3.80. The van der Waals surface area contributed by atoms with Gasteiger partial charge in [-0.05, 0) is 59.3 Å². The van der Waals surface area contributed by atoms with Gasteiger partial charge in [-0.3, -0.25) is 4.98 Å². The Morgan fingerprint density at radius 1 is 1.26 bits per heavy atom. The molecule has 0 saturated heterocycles. The summed E-state index contributed by atoms with van der Waals surface area (Å²) in [5, 5.41) is 3.33. The first-order chi connectivity index (χ1) is 9.20. The summed E-state index contributed by atoms with van der Waals surface area (Å²) >= 11 is 2.28. The third-order valence-corrected chi connectivity index (χ3v) is 3.70. The third kappa shape index (κ3) is 3.98. The quantitative estimate of drug-likeness (QED) is 0.812.